The Bertz CT molecular complexity index is 411. The molecule has 0 rings (SSSR count). The number of carbonyl (C=O) groups excluding carboxylic acids is 2. The molecule has 0 aliphatic rings. The van der Waals surface area contributed by atoms with Gasteiger partial charge in [-0.25, -0.2) is 9.59 Å². The summed E-state index contributed by atoms with van der Waals surface area (Å²) >= 11 is 0. The normalized spacial score (nSPS) is 11.2. The summed E-state index contributed by atoms with van der Waals surface area (Å²) < 4.78 is 10.1. The number of hydrogen-bond donors (Lipinski definition) is 0. The number of amides is 1. The third-order valence-corrected chi connectivity index (χ3v) is 3.90. The van der Waals surface area contributed by atoms with E-state index in [0.29, 0.717) is 6.61 Å². The van der Waals surface area contributed by atoms with Crippen molar-refractivity contribution in [3.8, 4) is 11.8 Å². The van der Waals surface area contributed by atoms with Crippen LogP contribution in [0.5, 0.6) is 0 Å². The number of likely N-dealkylation sites (N-methyl/N-ethyl adjacent to an activating group) is 1. The van der Waals surface area contributed by atoms with Crippen molar-refractivity contribution in [2.45, 2.75) is 78.2 Å². The maximum absolute atomic E-state index is 11.9. The molecule has 0 saturated heterocycles. The molecule has 1 atom stereocenters. The highest BCUT2D eigenvalue weighted by Crippen LogP contribution is 2.09. The van der Waals surface area contributed by atoms with Gasteiger partial charge in [0.2, 0.25) is 0 Å². The van der Waals surface area contributed by atoms with E-state index in [1.54, 1.807) is 13.8 Å². The maximum Gasteiger partial charge on any atom is 0.411 e. The molecule has 0 aromatic carbocycles. The molecule has 1 unspecified atom stereocenters. The van der Waals surface area contributed by atoms with E-state index in [1.165, 1.54) is 50.5 Å². The number of ether oxygens (including phenoxy) is 2. The Morgan fingerprint density at radius 1 is 1.00 bits per heavy atom. The molecule has 24 heavy (non-hydrogen) atoms. The van der Waals surface area contributed by atoms with Crippen LogP contribution in [0.4, 0.5) is 4.79 Å². The van der Waals surface area contributed by atoms with Crippen molar-refractivity contribution in [1.82, 2.24) is 4.90 Å². The van der Waals surface area contributed by atoms with Crippen LogP contribution >= 0.6 is 0 Å². The second kappa shape index (κ2) is 14.9. The molecule has 0 heterocycles. The third kappa shape index (κ3) is 10.9. The Morgan fingerprint density at radius 2 is 1.58 bits per heavy atom. The van der Waals surface area contributed by atoms with E-state index < -0.39 is 18.1 Å². The van der Waals surface area contributed by atoms with E-state index >= 15 is 0 Å². The fourth-order valence-electron chi connectivity index (χ4n) is 2.12. The number of esters is 1. The molecule has 0 spiro atoms. The van der Waals surface area contributed by atoms with Crippen LogP contribution < -0.4 is 0 Å². The standard InChI is InChI=1S/C19H33NO4/c1-5-7-9-10-11-12-13-14-16-23-18(21)17(3)20(4)19(22)24-15-8-6-2/h17H,5,7,9-16H2,1-4H3. The molecule has 5 heteroatoms. The SMILES string of the molecule is CC#CCOC(=O)N(C)C(C)C(=O)OCCCCCCCCCC. The highest BCUT2D eigenvalue weighted by Gasteiger charge is 2.24. The quantitative estimate of drug-likeness (QED) is 0.304. The van der Waals surface area contributed by atoms with Crippen molar-refractivity contribution >= 4 is 12.1 Å². The molecule has 1 amide bonds. The first-order chi connectivity index (χ1) is 11.5. The molecule has 0 aliphatic carbocycles. The Labute approximate surface area is 147 Å². The predicted molar refractivity (Wildman–Crippen MR) is 95.6 cm³/mol. The second-order valence-corrected chi connectivity index (χ2v) is 5.91. The van der Waals surface area contributed by atoms with E-state index in [1.807, 2.05) is 0 Å². The van der Waals surface area contributed by atoms with Crippen LogP contribution in [0.25, 0.3) is 0 Å². The van der Waals surface area contributed by atoms with Crippen LogP contribution in [0, 0.1) is 11.8 Å². The summed E-state index contributed by atoms with van der Waals surface area (Å²) in [6.45, 7) is 5.94. The molecule has 0 aromatic heterocycles. The number of unbranched alkanes of at least 4 members (excludes halogenated alkanes) is 7. The lowest BCUT2D eigenvalue weighted by Gasteiger charge is -2.22. The molecular formula is C19H33NO4. The van der Waals surface area contributed by atoms with Gasteiger partial charge in [0.05, 0.1) is 6.61 Å². The van der Waals surface area contributed by atoms with Crippen LogP contribution in [0.15, 0.2) is 0 Å². The van der Waals surface area contributed by atoms with Crippen LogP contribution in [0.1, 0.15) is 72.1 Å². The average molecular weight is 339 g/mol. The Hall–Kier alpha value is -1.70. The zero-order chi connectivity index (χ0) is 18.2. The minimum atomic E-state index is -0.666. The lowest BCUT2D eigenvalue weighted by atomic mass is 10.1. The summed E-state index contributed by atoms with van der Waals surface area (Å²) in [6, 6.07) is -0.666. The van der Waals surface area contributed by atoms with Crippen LogP contribution in [-0.4, -0.2) is 43.3 Å². The maximum atomic E-state index is 11.9. The van der Waals surface area contributed by atoms with Crippen LogP contribution in [-0.2, 0) is 14.3 Å². The Balaban J connectivity index is 3.77. The highest BCUT2D eigenvalue weighted by atomic mass is 16.6. The smallest absolute Gasteiger partial charge is 0.411 e. The molecule has 0 radical (unpaired) electrons. The summed E-state index contributed by atoms with van der Waals surface area (Å²) in [5.41, 5.74) is 0. The second-order valence-electron chi connectivity index (χ2n) is 5.91. The predicted octanol–water partition coefficient (Wildman–Crippen LogP) is 4.15. The van der Waals surface area contributed by atoms with E-state index in [-0.39, 0.29) is 6.61 Å². The van der Waals surface area contributed by atoms with E-state index in [0.717, 1.165) is 12.8 Å². The molecule has 0 fully saturated rings. The van der Waals surface area contributed by atoms with Crippen molar-refractivity contribution in [3.05, 3.63) is 0 Å². The molecule has 0 saturated carbocycles. The number of hydrogen-bond acceptors (Lipinski definition) is 4. The molecule has 0 bridgehead atoms. The fourth-order valence-corrected chi connectivity index (χ4v) is 2.12. The molecule has 5 nitrogen and oxygen atoms in total. The van der Waals surface area contributed by atoms with Gasteiger partial charge >= 0.3 is 12.1 Å². The van der Waals surface area contributed by atoms with Gasteiger partial charge in [0, 0.05) is 7.05 Å². The monoisotopic (exact) mass is 339 g/mol. The minimum absolute atomic E-state index is 0.0275. The van der Waals surface area contributed by atoms with Gasteiger partial charge in [-0.2, -0.15) is 0 Å². The minimum Gasteiger partial charge on any atom is -0.464 e. The van der Waals surface area contributed by atoms with Gasteiger partial charge in [0.15, 0.2) is 6.61 Å². The largest absolute Gasteiger partial charge is 0.464 e. The molecule has 0 N–H and O–H groups in total. The van der Waals surface area contributed by atoms with Gasteiger partial charge in [0.1, 0.15) is 6.04 Å². The first kappa shape index (κ1) is 22.3. The van der Waals surface area contributed by atoms with E-state index in [9.17, 15) is 9.59 Å². The number of rotatable bonds is 12. The van der Waals surface area contributed by atoms with Crippen LogP contribution in [0.2, 0.25) is 0 Å². The number of nitrogens with zero attached hydrogens (tertiary/aromatic N) is 1. The summed E-state index contributed by atoms with van der Waals surface area (Å²) in [4.78, 5) is 24.9. The van der Waals surface area contributed by atoms with Crippen molar-refractivity contribution in [3.63, 3.8) is 0 Å². The van der Waals surface area contributed by atoms with E-state index in [2.05, 4.69) is 18.8 Å². The topological polar surface area (TPSA) is 55.8 Å². The number of carbonyl (C=O) groups is 2. The van der Waals surface area contributed by atoms with Crippen molar-refractivity contribution in [1.29, 1.82) is 0 Å². The van der Waals surface area contributed by atoms with Gasteiger partial charge < -0.3 is 9.47 Å². The lowest BCUT2D eigenvalue weighted by molar-refractivity contribution is -0.148. The van der Waals surface area contributed by atoms with Gasteiger partial charge in [-0.05, 0) is 20.3 Å². The zero-order valence-corrected chi connectivity index (χ0v) is 15.7. The zero-order valence-electron chi connectivity index (χ0n) is 15.7. The highest BCUT2D eigenvalue weighted by molar-refractivity contribution is 5.80. The Morgan fingerprint density at radius 3 is 2.17 bits per heavy atom. The fraction of sp³-hybridized carbons (Fsp3) is 0.789. The molecule has 138 valence electrons. The van der Waals surface area contributed by atoms with Gasteiger partial charge in [-0.1, -0.05) is 57.8 Å². The van der Waals surface area contributed by atoms with Gasteiger partial charge in [-0.15, -0.1) is 5.92 Å². The first-order valence-electron chi connectivity index (χ1n) is 9.00. The molecular weight excluding hydrogens is 306 g/mol. The lowest BCUT2D eigenvalue weighted by Crippen LogP contribution is -2.41. The summed E-state index contributed by atoms with van der Waals surface area (Å²) in [6.07, 6.45) is 8.98. The van der Waals surface area contributed by atoms with E-state index in [4.69, 9.17) is 9.47 Å². The van der Waals surface area contributed by atoms with Crippen molar-refractivity contribution in [2.75, 3.05) is 20.3 Å². The van der Waals surface area contributed by atoms with Gasteiger partial charge in [0.25, 0.3) is 0 Å². The third-order valence-electron chi connectivity index (χ3n) is 3.90. The average Bonchev–Trinajstić information content (AvgIpc) is 2.58. The van der Waals surface area contributed by atoms with Gasteiger partial charge in [-0.3, -0.25) is 4.90 Å². The first-order valence-corrected chi connectivity index (χ1v) is 9.00. The van der Waals surface area contributed by atoms with Crippen molar-refractivity contribution in [2.24, 2.45) is 0 Å². The Kier molecular flexibility index (Phi) is 13.8. The summed E-state index contributed by atoms with van der Waals surface area (Å²) in [7, 11) is 1.52. The summed E-state index contributed by atoms with van der Waals surface area (Å²) in [5.74, 6) is 4.87. The summed E-state index contributed by atoms with van der Waals surface area (Å²) in [5, 5.41) is 0. The van der Waals surface area contributed by atoms with Crippen LogP contribution in [0.3, 0.4) is 0 Å². The van der Waals surface area contributed by atoms with Crippen molar-refractivity contribution < 1.29 is 19.1 Å². The molecule has 0 aliphatic heterocycles. The molecule has 0 aromatic rings.